The fourth-order valence-electron chi connectivity index (χ4n) is 3.32. The van der Waals surface area contributed by atoms with E-state index >= 15 is 0 Å². The smallest absolute Gasteiger partial charge is 0.286 e. The van der Waals surface area contributed by atoms with Gasteiger partial charge in [0.1, 0.15) is 17.3 Å². The predicted molar refractivity (Wildman–Crippen MR) is 120 cm³/mol. The van der Waals surface area contributed by atoms with E-state index in [1.54, 1.807) is 29.3 Å². The van der Waals surface area contributed by atoms with Gasteiger partial charge in [-0.15, -0.1) is 0 Å². The first kappa shape index (κ1) is 23.1. The Bertz CT molecular complexity index is 1300. The van der Waals surface area contributed by atoms with Gasteiger partial charge < -0.3 is 5.32 Å². The van der Waals surface area contributed by atoms with E-state index in [0.29, 0.717) is 23.4 Å². The van der Waals surface area contributed by atoms with Gasteiger partial charge in [-0.1, -0.05) is 12.1 Å². The van der Waals surface area contributed by atoms with Crippen LogP contribution in [0.1, 0.15) is 29.6 Å². The highest BCUT2D eigenvalue weighted by Crippen LogP contribution is 2.26. The lowest BCUT2D eigenvalue weighted by Gasteiger charge is -2.11. The molecule has 0 aliphatic rings. The summed E-state index contributed by atoms with van der Waals surface area (Å²) in [5, 5.41) is 6.64. The first-order chi connectivity index (χ1) is 16.2. The van der Waals surface area contributed by atoms with Crippen LogP contribution < -0.4 is 5.32 Å². The van der Waals surface area contributed by atoms with Crippen molar-refractivity contribution < 1.29 is 18.0 Å². The molecule has 4 aromatic rings. The van der Waals surface area contributed by atoms with Crippen LogP contribution in [0.15, 0.2) is 61.3 Å². The van der Waals surface area contributed by atoms with Crippen LogP contribution >= 0.6 is 0 Å². The van der Waals surface area contributed by atoms with E-state index in [2.05, 4.69) is 25.4 Å². The van der Waals surface area contributed by atoms with Gasteiger partial charge in [0.05, 0.1) is 24.5 Å². The van der Waals surface area contributed by atoms with Gasteiger partial charge >= 0.3 is 0 Å². The van der Waals surface area contributed by atoms with Crippen molar-refractivity contribution in [1.82, 2.24) is 24.7 Å². The Labute approximate surface area is 193 Å². The van der Waals surface area contributed by atoms with Crippen molar-refractivity contribution >= 4 is 11.6 Å². The van der Waals surface area contributed by atoms with Crippen molar-refractivity contribution in [1.29, 1.82) is 0 Å². The molecule has 0 bridgehead atoms. The van der Waals surface area contributed by atoms with E-state index < -0.39 is 23.3 Å². The van der Waals surface area contributed by atoms with E-state index in [0.717, 1.165) is 24.8 Å². The molecule has 0 radical (unpaired) electrons. The highest BCUT2D eigenvalue weighted by molar-refractivity contribution is 5.92. The number of nitrogens with zero attached hydrogens (tertiary/aromatic N) is 5. The number of nitrogens with one attached hydrogen (secondary N) is 1. The second-order valence-corrected chi connectivity index (χ2v) is 7.94. The molecule has 0 aliphatic carbocycles. The Morgan fingerprint density at radius 2 is 1.79 bits per heavy atom. The van der Waals surface area contributed by atoms with Crippen LogP contribution in [0, 0.1) is 5.82 Å². The third-order valence-corrected chi connectivity index (χ3v) is 5.06. The average Bonchev–Trinajstić information content (AvgIpc) is 3.20. The van der Waals surface area contributed by atoms with Crippen molar-refractivity contribution in [3.8, 4) is 11.1 Å². The molecule has 0 aliphatic heterocycles. The van der Waals surface area contributed by atoms with Crippen molar-refractivity contribution in [3.63, 3.8) is 0 Å². The quantitative estimate of drug-likeness (QED) is 0.439. The van der Waals surface area contributed by atoms with Gasteiger partial charge in [-0.05, 0) is 34.9 Å². The van der Waals surface area contributed by atoms with Gasteiger partial charge in [0.25, 0.3) is 5.92 Å². The number of anilines is 1. The van der Waals surface area contributed by atoms with Crippen LogP contribution in [0.2, 0.25) is 0 Å². The maximum Gasteiger partial charge on any atom is 0.286 e. The van der Waals surface area contributed by atoms with Crippen molar-refractivity contribution in [2.45, 2.75) is 25.7 Å². The number of amides is 1. The molecule has 3 aromatic heterocycles. The summed E-state index contributed by atoms with van der Waals surface area (Å²) in [5.74, 6) is -3.49. The normalized spacial score (nSPS) is 11.4. The highest BCUT2D eigenvalue weighted by atomic mass is 19.3. The molecule has 0 fully saturated rings. The van der Waals surface area contributed by atoms with Crippen molar-refractivity contribution in [2.75, 3.05) is 5.32 Å². The Morgan fingerprint density at radius 3 is 2.38 bits per heavy atom. The third-order valence-electron chi connectivity index (χ3n) is 5.06. The number of carbonyl (C=O) groups excluding carboxylic acids is 1. The zero-order chi connectivity index (χ0) is 24.3. The summed E-state index contributed by atoms with van der Waals surface area (Å²) in [6.07, 6.45) is 8.33. The lowest BCUT2D eigenvalue weighted by molar-refractivity contribution is -0.115. The molecule has 4 rings (SSSR count). The third kappa shape index (κ3) is 5.64. The first-order valence-corrected chi connectivity index (χ1v) is 10.4. The van der Waals surface area contributed by atoms with Gasteiger partial charge in [0, 0.05) is 44.5 Å². The number of benzene rings is 1. The first-order valence-electron chi connectivity index (χ1n) is 10.4. The Balaban J connectivity index is 1.39. The van der Waals surface area contributed by atoms with Crippen LogP contribution in [-0.2, 0) is 30.6 Å². The second kappa shape index (κ2) is 9.42. The number of hydrogen-bond donors (Lipinski definition) is 1. The molecule has 1 aromatic carbocycles. The molecular formula is C24H21F3N6O. The monoisotopic (exact) mass is 466 g/mol. The minimum Gasteiger partial charge on any atom is -0.324 e. The number of alkyl halides is 2. The predicted octanol–water partition coefficient (Wildman–Crippen LogP) is 4.29. The van der Waals surface area contributed by atoms with Crippen LogP contribution in [0.4, 0.5) is 18.9 Å². The summed E-state index contributed by atoms with van der Waals surface area (Å²) in [7, 11) is 1.83. The zero-order valence-corrected chi connectivity index (χ0v) is 18.5. The Kier molecular flexibility index (Phi) is 6.40. The van der Waals surface area contributed by atoms with E-state index in [1.165, 1.54) is 18.2 Å². The Morgan fingerprint density at radius 1 is 1.03 bits per heavy atom. The summed E-state index contributed by atoms with van der Waals surface area (Å²) < 4.78 is 42.9. The fraction of sp³-hybridized carbons (Fsp3) is 0.208. The van der Waals surface area contributed by atoms with Gasteiger partial charge in [-0.2, -0.15) is 13.9 Å². The van der Waals surface area contributed by atoms with Gasteiger partial charge in [-0.3, -0.25) is 14.5 Å². The van der Waals surface area contributed by atoms with Gasteiger partial charge in [0.15, 0.2) is 0 Å². The molecule has 0 saturated heterocycles. The number of pyridine rings is 1. The van der Waals surface area contributed by atoms with Crippen molar-refractivity contribution in [3.05, 3.63) is 89.8 Å². The summed E-state index contributed by atoms with van der Waals surface area (Å²) in [6, 6.07) is 6.99. The molecule has 7 nitrogen and oxygen atoms in total. The standard InChI is InChI=1S/C24H21F3N6O/c1-24(26,27)21-6-5-19(13-28-21)32-23(34)9-17-4-3-16(8-20(17)25)18-11-29-22(30-12-18)7-15-10-31-33(2)14-15/h3-6,8,10-14H,7,9H2,1-2H3,(H,32,34). The van der Waals surface area contributed by atoms with E-state index in [4.69, 9.17) is 0 Å². The van der Waals surface area contributed by atoms with Crippen LogP contribution in [0.3, 0.4) is 0 Å². The number of aryl methyl sites for hydroxylation is 1. The molecule has 0 saturated carbocycles. The fourth-order valence-corrected chi connectivity index (χ4v) is 3.32. The molecule has 3 heterocycles. The molecule has 10 heteroatoms. The van der Waals surface area contributed by atoms with E-state index in [1.807, 2.05) is 13.2 Å². The zero-order valence-electron chi connectivity index (χ0n) is 18.5. The molecule has 1 amide bonds. The lowest BCUT2D eigenvalue weighted by Crippen LogP contribution is -2.16. The maximum absolute atomic E-state index is 14.7. The maximum atomic E-state index is 14.7. The SMILES string of the molecule is Cn1cc(Cc2ncc(-c3ccc(CC(=O)Nc4ccc(C(C)(F)F)nc4)c(F)c3)cn2)cn1. The summed E-state index contributed by atoms with van der Waals surface area (Å²) in [5.41, 5.74) is 2.25. The van der Waals surface area contributed by atoms with Crippen LogP contribution in [0.25, 0.3) is 11.1 Å². The number of rotatable bonds is 7. The summed E-state index contributed by atoms with van der Waals surface area (Å²) in [4.78, 5) is 24.6. The molecule has 174 valence electrons. The minimum atomic E-state index is -3.07. The van der Waals surface area contributed by atoms with E-state index in [9.17, 15) is 18.0 Å². The topological polar surface area (TPSA) is 85.6 Å². The number of aromatic nitrogens is 5. The average molecular weight is 466 g/mol. The largest absolute Gasteiger partial charge is 0.324 e. The molecule has 0 spiro atoms. The van der Waals surface area contributed by atoms with Gasteiger partial charge in [-0.25, -0.2) is 14.4 Å². The van der Waals surface area contributed by atoms with Crippen LogP contribution in [-0.4, -0.2) is 30.6 Å². The number of hydrogen-bond acceptors (Lipinski definition) is 5. The molecule has 34 heavy (non-hydrogen) atoms. The second-order valence-electron chi connectivity index (χ2n) is 7.94. The van der Waals surface area contributed by atoms with Crippen LogP contribution in [0.5, 0.6) is 0 Å². The summed E-state index contributed by atoms with van der Waals surface area (Å²) >= 11 is 0. The molecule has 0 atom stereocenters. The molecular weight excluding hydrogens is 445 g/mol. The number of halogens is 3. The Hall–Kier alpha value is -4.08. The minimum absolute atomic E-state index is 0.194. The van der Waals surface area contributed by atoms with Gasteiger partial charge in [0.2, 0.25) is 5.91 Å². The van der Waals surface area contributed by atoms with Crippen molar-refractivity contribution in [2.24, 2.45) is 7.05 Å². The lowest BCUT2D eigenvalue weighted by atomic mass is 10.0. The number of carbonyl (C=O) groups is 1. The molecule has 0 unspecified atom stereocenters. The summed E-state index contributed by atoms with van der Waals surface area (Å²) in [6.45, 7) is 0.739. The van der Waals surface area contributed by atoms with E-state index in [-0.39, 0.29) is 17.7 Å². The highest BCUT2D eigenvalue weighted by Gasteiger charge is 2.25. The molecule has 1 N–H and O–H groups in total.